The van der Waals surface area contributed by atoms with Gasteiger partial charge in [-0.25, -0.2) is 13.2 Å². The van der Waals surface area contributed by atoms with E-state index in [-0.39, 0.29) is 6.04 Å². The molecule has 0 spiro atoms. The molecule has 0 aliphatic carbocycles. The molecule has 1 unspecified atom stereocenters. The van der Waals surface area contributed by atoms with Gasteiger partial charge in [0.2, 0.25) is 0 Å². The highest BCUT2D eigenvalue weighted by Crippen LogP contribution is 2.36. The van der Waals surface area contributed by atoms with Gasteiger partial charge in [-0.2, -0.15) is 0 Å². The van der Waals surface area contributed by atoms with Gasteiger partial charge in [0.05, 0.1) is 14.2 Å². The number of hydrogen-bond donors (Lipinski definition) is 1. The summed E-state index contributed by atoms with van der Waals surface area (Å²) >= 11 is 0. The molecule has 6 heteroatoms. The largest absolute Gasteiger partial charge is 0.493 e. The predicted molar refractivity (Wildman–Crippen MR) is 88.6 cm³/mol. The molecule has 1 aliphatic heterocycles. The van der Waals surface area contributed by atoms with Gasteiger partial charge in [0.15, 0.2) is 29.0 Å². The van der Waals surface area contributed by atoms with Crippen LogP contribution in [-0.4, -0.2) is 20.8 Å². The third-order valence-corrected chi connectivity index (χ3v) is 4.57. The van der Waals surface area contributed by atoms with Crippen molar-refractivity contribution in [3.63, 3.8) is 0 Å². The summed E-state index contributed by atoms with van der Waals surface area (Å²) in [5.41, 5.74) is 2.69. The van der Waals surface area contributed by atoms with Crippen molar-refractivity contribution in [2.75, 3.05) is 20.8 Å². The molecule has 25 heavy (non-hydrogen) atoms. The molecule has 1 heterocycles. The van der Waals surface area contributed by atoms with Crippen LogP contribution in [0.3, 0.4) is 0 Å². The van der Waals surface area contributed by atoms with Crippen molar-refractivity contribution in [3.8, 4) is 11.5 Å². The van der Waals surface area contributed by atoms with Crippen LogP contribution in [0, 0.1) is 17.5 Å². The fourth-order valence-corrected chi connectivity index (χ4v) is 3.29. The second kappa shape index (κ2) is 7.35. The molecule has 1 aliphatic rings. The zero-order valence-electron chi connectivity index (χ0n) is 14.2. The first-order chi connectivity index (χ1) is 12.0. The number of hydrogen-bond acceptors (Lipinski definition) is 3. The Balaban J connectivity index is 1.81. The Bertz CT molecular complexity index is 756. The lowest BCUT2D eigenvalue weighted by atomic mass is 9.90. The molecule has 3 nitrogen and oxygen atoms in total. The lowest BCUT2D eigenvalue weighted by molar-refractivity contribution is 0.351. The molecule has 0 amide bonds. The summed E-state index contributed by atoms with van der Waals surface area (Å²) in [5, 5.41) is 3.42. The topological polar surface area (TPSA) is 30.5 Å². The van der Waals surface area contributed by atoms with E-state index in [2.05, 4.69) is 5.32 Å². The monoisotopic (exact) mass is 351 g/mol. The van der Waals surface area contributed by atoms with Crippen LogP contribution in [0.4, 0.5) is 13.2 Å². The number of halogens is 3. The van der Waals surface area contributed by atoms with Gasteiger partial charge in [-0.15, -0.1) is 0 Å². The van der Waals surface area contributed by atoms with E-state index in [9.17, 15) is 13.2 Å². The zero-order valence-corrected chi connectivity index (χ0v) is 14.2. The normalized spacial score (nSPS) is 16.4. The predicted octanol–water partition coefficient (Wildman–Crippen LogP) is 3.94. The van der Waals surface area contributed by atoms with Gasteiger partial charge in [0.1, 0.15) is 0 Å². The molecule has 0 bridgehead atoms. The van der Waals surface area contributed by atoms with Gasteiger partial charge in [-0.1, -0.05) is 0 Å². The van der Waals surface area contributed by atoms with E-state index >= 15 is 0 Å². The van der Waals surface area contributed by atoms with E-state index in [1.54, 1.807) is 14.2 Å². The molecule has 1 N–H and O–H groups in total. The molecular weight excluding hydrogens is 331 g/mol. The van der Waals surface area contributed by atoms with Gasteiger partial charge < -0.3 is 14.8 Å². The van der Waals surface area contributed by atoms with Gasteiger partial charge in [-0.05, 0) is 66.8 Å². The Kier molecular flexibility index (Phi) is 5.18. The van der Waals surface area contributed by atoms with Crippen LogP contribution < -0.4 is 14.8 Å². The van der Waals surface area contributed by atoms with Crippen molar-refractivity contribution in [1.29, 1.82) is 0 Å². The first kappa shape index (κ1) is 17.6. The molecule has 1 atom stereocenters. The minimum absolute atomic E-state index is 0.0275. The van der Waals surface area contributed by atoms with Crippen molar-refractivity contribution in [3.05, 3.63) is 58.4 Å². The van der Waals surface area contributed by atoms with Crippen LogP contribution in [0.15, 0.2) is 24.3 Å². The molecule has 2 aromatic rings. The minimum Gasteiger partial charge on any atom is -0.493 e. The molecular formula is C19H20F3NO2. The van der Waals surface area contributed by atoms with Gasteiger partial charge in [0, 0.05) is 6.04 Å². The molecule has 0 saturated heterocycles. The maximum Gasteiger partial charge on any atom is 0.194 e. The van der Waals surface area contributed by atoms with Gasteiger partial charge in [-0.3, -0.25) is 0 Å². The average Bonchev–Trinajstić information content (AvgIpc) is 2.62. The Morgan fingerprint density at radius 3 is 2.28 bits per heavy atom. The highest BCUT2D eigenvalue weighted by Gasteiger charge is 2.23. The highest BCUT2D eigenvalue weighted by molar-refractivity contribution is 5.49. The number of fused-ring (bicyclic) bond motifs is 1. The van der Waals surface area contributed by atoms with Crippen molar-refractivity contribution < 1.29 is 22.6 Å². The summed E-state index contributed by atoms with van der Waals surface area (Å²) in [4.78, 5) is 0. The maximum absolute atomic E-state index is 13.4. The zero-order chi connectivity index (χ0) is 18.0. The van der Waals surface area contributed by atoms with E-state index in [4.69, 9.17) is 9.47 Å². The highest BCUT2D eigenvalue weighted by atomic mass is 19.2. The van der Waals surface area contributed by atoms with Crippen LogP contribution in [0.5, 0.6) is 11.5 Å². The maximum atomic E-state index is 13.4. The SMILES string of the molecule is COc1cc2c(cc1OC)C(CCc1cc(F)c(F)c(F)c1)NCC2. The number of aryl methyl sites for hydroxylation is 1. The van der Waals surface area contributed by atoms with Crippen molar-refractivity contribution in [2.24, 2.45) is 0 Å². The standard InChI is InChI=1S/C19H20F3NO2/c1-24-17-9-12-5-6-23-16(13(12)10-18(17)25-2)4-3-11-7-14(20)19(22)15(21)8-11/h7-10,16,23H,3-6H2,1-2H3. The van der Waals surface area contributed by atoms with E-state index in [1.807, 2.05) is 12.1 Å². The second-order valence-electron chi connectivity index (χ2n) is 6.07. The minimum atomic E-state index is -1.43. The molecule has 0 radical (unpaired) electrons. The van der Waals surface area contributed by atoms with Crippen LogP contribution >= 0.6 is 0 Å². The lowest BCUT2D eigenvalue weighted by Crippen LogP contribution is -2.30. The first-order valence-electron chi connectivity index (χ1n) is 8.15. The summed E-state index contributed by atoms with van der Waals surface area (Å²) in [7, 11) is 3.18. The smallest absolute Gasteiger partial charge is 0.194 e. The molecule has 0 aromatic heterocycles. The van der Waals surface area contributed by atoms with Crippen molar-refractivity contribution in [2.45, 2.75) is 25.3 Å². The third kappa shape index (κ3) is 3.58. The summed E-state index contributed by atoms with van der Waals surface area (Å²) in [6, 6.07) is 6.04. The first-order valence-corrected chi connectivity index (χ1v) is 8.15. The molecule has 0 fully saturated rings. The van der Waals surface area contributed by atoms with E-state index < -0.39 is 17.5 Å². The molecule has 134 valence electrons. The Hall–Kier alpha value is -2.21. The van der Waals surface area contributed by atoms with E-state index in [1.165, 1.54) is 0 Å². The number of nitrogens with one attached hydrogen (secondary N) is 1. The van der Waals surface area contributed by atoms with Crippen LogP contribution in [-0.2, 0) is 12.8 Å². The fraction of sp³-hybridized carbons (Fsp3) is 0.368. The summed E-state index contributed by atoms with van der Waals surface area (Å²) in [6.45, 7) is 0.805. The van der Waals surface area contributed by atoms with Crippen LogP contribution in [0.2, 0.25) is 0 Å². The van der Waals surface area contributed by atoms with Crippen molar-refractivity contribution in [1.82, 2.24) is 5.32 Å². The third-order valence-electron chi connectivity index (χ3n) is 4.57. The Morgan fingerprint density at radius 2 is 1.64 bits per heavy atom. The Labute approximate surface area is 144 Å². The quantitative estimate of drug-likeness (QED) is 0.828. The number of ether oxygens (including phenoxy) is 2. The average molecular weight is 351 g/mol. The van der Waals surface area contributed by atoms with Gasteiger partial charge >= 0.3 is 0 Å². The second-order valence-corrected chi connectivity index (χ2v) is 6.07. The molecule has 2 aromatic carbocycles. The van der Waals surface area contributed by atoms with Crippen molar-refractivity contribution >= 4 is 0 Å². The number of rotatable bonds is 5. The van der Waals surface area contributed by atoms with E-state index in [0.29, 0.717) is 29.9 Å². The number of methoxy groups -OCH3 is 2. The summed E-state index contributed by atoms with van der Waals surface area (Å²) in [6.07, 6.45) is 1.93. The molecule has 0 saturated carbocycles. The van der Waals surface area contributed by atoms with Crippen LogP contribution in [0.1, 0.15) is 29.2 Å². The lowest BCUT2D eigenvalue weighted by Gasteiger charge is -2.28. The fourth-order valence-electron chi connectivity index (χ4n) is 3.29. The number of benzene rings is 2. The Morgan fingerprint density at radius 1 is 1.00 bits per heavy atom. The van der Waals surface area contributed by atoms with Crippen LogP contribution in [0.25, 0.3) is 0 Å². The summed E-state index contributed by atoms with van der Waals surface area (Å²) in [5.74, 6) is -2.41. The summed E-state index contributed by atoms with van der Waals surface area (Å²) < 4.78 is 50.5. The molecule has 3 rings (SSSR count). The van der Waals surface area contributed by atoms with E-state index in [0.717, 1.165) is 36.2 Å². The van der Waals surface area contributed by atoms with Gasteiger partial charge in [0.25, 0.3) is 0 Å².